The third-order valence-electron chi connectivity index (χ3n) is 10.8. The fourth-order valence-electron chi connectivity index (χ4n) is 9.04. The van der Waals surface area contributed by atoms with E-state index in [4.69, 9.17) is 0 Å². The van der Waals surface area contributed by atoms with Crippen LogP contribution in [-0.4, -0.2) is 24.7 Å². The molecular weight excluding hydrogens is 466 g/mol. The maximum Gasteiger partial charge on any atom is 0.156 e. The highest BCUT2D eigenvalue weighted by Gasteiger charge is 2.57. The molecule has 0 N–H and O–H groups in total. The van der Waals surface area contributed by atoms with Crippen LogP contribution in [0.15, 0.2) is 47.1 Å². The van der Waals surface area contributed by atoms with Crippen molar-refractivity contribution in [3.8, 4) is 11.8 Å². The highest BCUT2D eigenvalue weighted by Crippen LogP contribution is 2.65. The fraction of sp³-hybridized carbons (Fsp3) is 0.600. The molecule has 0 unspecified atom stereocenters. The van der Waals surface area contributed by atoms with Crippen LogP contribution in [0.4, 0.5) is 5.69 Å². The van der Waals surface area contributed by atoms with Crippen LogP contribution < -0.4 is 4.90 Å². The minimum Gasteiger partial charge on any atom is -0.372 e. The molecule has 1 aliphatic heterocycles. The molecule has 1 aromatic carbocycles. The van der Waals surface area contributed by atoms with E-state index in [9.17, 15) is 9.59 Å². The lowest BCUT2D eigenvalue weighted by Gasteiger charge is -2.52. The molecule has 38 heavy (non-hydrogen) atoms. The minimum absolute atomic E-state index is 0.0351. The molecule has 5 atom stereocenters. The van der Waals surface area contributed by atoms with E-state index in [0.29, 0.717) is 48.6 Å². The third kappa shape index (κ3) is 4.49. The summed E-state index contributed by atoms with van der Waals surface area (Å²) in [6, 6.07) is 9.47. The molecule has 3 heteroatoms. The van der Waals surface area contributed by atoms with Crippen LogP contribution in [0.2, 0.25) is 0 Å². The molecule has 6 rings (SSSR count). The first-order valence-electron chi connectivity index (χ1n) is 15.2. The lowest BCUT2D eigenvalue weighted by Crippen LogP contribution is -2.45. The van der Waals surface area contributed by atoms with Gasteiger partial charge in [-0.2, -0.15) is 0 Å². The van der Waals surface area contributed by atoms with E-state index >= 15 is 0 Å². The number of fused-ring (bicyclic) bond motifs is 4. The van der Waals surface area contributed by atoms with Crippen molar-refractivity contribution in [1.82, 2.24) is 0 Å². The van der Waals surface area contributed by atoms with Gasteiger partial charge >= 0.3 is 0 Å². The molecular formula is C35H43NO2. The smallest absolute Gasteiger partial charge is 0.156 e. The van der Waals surface area contributed by atoms with Gasteiger partial charge in [0.1, 0.15) is 5.78 Å². The summed E-state index contributed by atoms with van der Waals surface area (Å²) < 4.78 is 0. The number of ketones is 2. The molecule has 1 aromatic rings. The van der Waals surface area contributed by atoms with Crippen molar-refractivity contribution in [2.45, 2.75) is 96.8 Å². The van der Waals surface area contributed by atoms with Crippen molar-refractivity contribution >= 4 is 17.3 Å². The molecule has 1 heterocycles. The largest absolute Gasteiger partial charge is 0.372 e. The molecule has 0 bridgehead atoms. The number of rotatable bonds is 5. The van der Waals surface area contributed by atoms with Crippen molar-refractivity contribution in [3.05, 3.63) is 52.6 Å². The molecule has 1 saturated heterocycles. The van der Waals surface area contributed by atoms with Crippen LogP contribution in [-0.2, 0) is 9.59 Å². The second-order valence-electron chi connectivity index (χ2n) is 12.7. The first-order valence-corrected chi connectivity index (χ1v) is 15.2. The topological polar surface area (TPSA) is 37.4 Å². The van der Waals surface area contributed by atoms with Gasteiger partial charge in [-0.3, -0.25) is 9.59 Å². The summed E-state index contributed by atoms with van der Waals surface area (Å²) >= 11 is 0. The summed E-state index contributed by atoms with van der Waals surface area (Å²) in [5, 5.41) is 0. The van der Waals surface area contributed by atoms with Gasteiger partial charge in [0, 0.05) is 49.9 Å². The Morgan fingerprint density at radius 1 is 1.03 bits per heavy atom. The summed E-state index contributed by atoms with van der Waals surface area (Å²) in [4.78, 5) is 28.4. The van der Waals surface area contributed by atoms with E-state index in [1.807, 2.05) is 13.0 Å². The summed E-state index contributed by atoms with van der Waals surface area (Å²) in [5.41, 5.74) is 7.24. The van der Waals surface area contributed by atoms with E-state index in [2.05, 4.69) is 47.9 Å². The van der Waals surface area contributed by atoms with Gasteiger partial charge in [-0.1, -0.05) is 24.6 Å². The molecule has 3 nitrogen and oxygen atoms in total. The number of hydrogen-bond donors (Lipinski definition) is 0. The SMILES string of the molecule is CC#CCCC(=O)[C@H]1CC[C@H]2[C@@H]3CCC4=CC(=O)CCC4=C3[C@@H](c3ccc(N4CCCCC4)cc3)C[C@]12C. The van der Waals surface area contributed by atoms with Crippen LogP contribution in [0.1, 0.15) is 102 Å². The molecule has 0 radical (unpaired) electrons. The van der Waals surface area contributed by atoms with Gasteiger partial charge in [0.05, 0.1) is 0 Å². The zero-order valence-corrected chi connectivity index (χ0v) is 23.4. The van der Waals surface area contributed by atoms with Crippen molar-refractivity contribution < 1.29 is 9.59 Å². The normalized spacial score (nSPS) is 32.5. The third-order valence-corrected chi connectivity index (χ3v) is 10.8. The van der Waals surface area contributed by atoms with E-state index in [-0.39, 0.29) is 11.3 Å². The zero-order valence-electron chi connectivity index (χ0n) is 23.4. The van der Waals surface area contributed by atoms with Gasteiger partial charge < -0.3 is 4.90 Å². The number of anilines is 1. The molecule has 5 aliphatic rings. The standard InChI is InChI=1S/C35H43NO2/c1-3-4-6-9-33(38)32-19-18-31-29-16-12-25-22-27(37)15-17-28(25)34(29)30(23-35(31,32)2)24-10-13-26(14-11-24)36-20-7-5-8-21-36/h10-11,13-14,22,29-32H,5-9,12,15-21,23H2,1-2H3/t29-,30+,31-,32+,35-/m0/s1. The average Bonchev–Trinajstić information content (AvgIpc) is 3.30. The molecule has 3 fully saturated rings. The average molecular weight is 510 g/mol. The predicted octanol–water partition coefficient (Wildman–Crippen LogP) is 7.57. The van der Waals surface area contributed by atoms with Crippen LogP contribution >= 0.6 is 0 Å². The second-order valence-corrected chi connectivity index (χ2v) is 12.7. The summed E-state index contributed by atoms with van der Waals surface area (Å²) in [6.07, 6.45) is 14.1. The summed E-state index contributed by atoms with van der Waals surface area (Å²) in [7, 11) is 0. The lowest BCUT2D eigenvalue weighted by atomic mass is 9.51. The van der Waals surface area contributed by atoms with E-state index in [1.165, 1.54) is 41.7 Å². The maximum atomic E-state index is 13.5. The number of nitrogens with zero attached hydrogens (tertiary/aromatic N) is 1. The van der Waals surface area contributed by atoms with Crippen molar-refractivity contribution in [2.24, 2.45) is 23.2 Å². The van der Waals surface area contributed by atoms with Gasteiger partial charge in [-0.25, -0.2) is 0 Å². The molecule has 2 saturated carbocycles. The Balaban J connectivity index is 1.38. The Bertz CT molecular complexity index is 1220. The number of carbonyl (C=O) groups excluding carboxylic acids is 2. The first kappa shape index (κ1) is 25.7. The Morgan fingerprint density at radius 3 is 2.58 bits per heavy atom. The lowest BCUT2D eigenvalue weighted by molar-refractivity contribution is -0.127. The van der Waals surface area contributed by atoms with Crippen LogP contribution in [0.25, 0.3) is 0 Å². The Kier molecular flexibility index (Phi) is 7.10. The quantitative estimate of drug-likeness (QED) is 0.384. The monoisotopic (exact) mass is 509 g/mol. The van der Waals surface area contributed by atoms with Gasteiger partial charge in [-0.15, -0.1) is 11.8 Å². The molecule has 0 spiro atoms. The van der Waals surface area contributed by atoms with E-state index in [1.54, 1.807) is 5.57 Å². The summed E-state index contributed by atoms with van der Waals surface area (Å²) in [6.45, 7) is 6.63. The fourth-order valence-corrected chi connectivity index (χ4v) is 9.04. The number of Topliss-reactive ketones (excluding diaryl/α,β-unsaturated/α-hetero) is 1. The number of hydrogen-bond acceptors (Lipinski definition) is 3. The van der Waals surface area contributed by atoms with Gasteiger partial charge in [-0.05, 0) is 117 Å². The molecule has 4 aliphatic carbocycles. The van der Waals surface area contributed by atoms with Crippen molar-refractivity contribution in [3.63, 3.8) is 0 Å². The van der Waals surface area contributed by atoms with Gasteiger partial charge in [0.25, 0.3) is 0 Å². The molecule has 200 valence electrons. The Morgan fingerprint density at radius 2 is 1.82 bits per heavy atom. The molecule has 0 amide bonds. The number of piperidine rings is 1. The van der Waals surface area contributed by atoms with Crippen molar-refractivity contribution in [1.29, 1.82) is 0 Å². The Hall–Kier alpha value is -2.60. The number of allylic oxidation sites excluding steroid dienone is 4. The molecule has 0 aromatic heterocycles. The van der Waals surface area contributed by atoms with Gasteiger partial charge in [0.2, 0.25) is 0 Å². The minimum atomic E-state index is 0.0351. The Labute approximate surface area is 229 Å². The zero-order chi connectivity index (χ0) is 26.3. The number of benzene rings is 1. The summed E-state index contributed by atoms with van der Waals surface area (Å²) in [5.74, 6) is 8.41. The van der Waals surface area contributed by atoms with Crippen LogP contribution in [0.5, 0.6) is 0 Å². The highest BCUT2D eigenvalue weighted by molar-refractivity contribution is 5.93. The predicted molar refractivity (Wildman–Crippen MR) is 154 cm³/mol. The number of carbonyl (C=O) groups is 2. The highest BCUT2D eigenvalue weighted by atomic mass is 16.1. The maximum absolute atomic E-state index is 13.5. The van der Waals surface area contributed by atoms with E-state index < -0.39 is 0 Å². The van der Waals surface area contributed by atoms with E-state index in [0.717, 1.165) is 51.6 Å². The second kappa shape index (κ2) is 10.5. The first-order chi connectivity index (χ1) is 18.5. The van der Waals surface area contributed by atoms with Crippen LogP contribution in [0, 0.1) is 35.0 Å². The van der Waals surface area contributed by atoms with Gasteiger partial charge in [0.15, 0.2) is 5.78 Å². The van der Waals surface area contributed by atoms with Crippen LogP contribution in [0.3, 0.4) is 0 Å². The van der Waals surface area contributed by atoms with Crippen molar-refractivity contribution in [2.75, 3.05) is 18.0 Å².